The molecule has 1 fully saturated rings. The van der Waals surface area contributed by atoms with Crippen molar-refractivity contribution in [2.24, 2.45) is 0 Å². The van der Waals surface area contributed by atoms with Crippen LogP contribution in [0.2, 0.25) is 0 Å². The molecular weight excluding hydrogens is 320 g/mol. The van der Waals surface area contributed by atoms with Crippen molar-refractivity contribution in [2.75, 3.05) is 33.9 Å². The molecule has 0 aromatic heterocycles. The Kier molecular flexibility index (Phi) is 6.93. The fourth-order valence-electron chi connectivity index (χ4n) is 3.31. The van der Waals surface area contributed by atoms with Gasteiger partial charge < -0.3 is 24.4 Å². The van der Waals surface area contributed by atoms with Gasteiger partial charge in [0.2, 0.25) is 0 Å². The number of nitrogens with zero attached hydrogens (tertiary/aromatic N) is 1. The zero-order valence-corrected chi connectivity index (χ0v) is 15.9. The molecule has 25 heavy (non-hydrogen) atoms. The molecule has 0 spiro atoms. The predicted octanol–water partition coefficient (Wildman–Crippen LogP) is 3.28. The van der Waals surface area contributed by atoms with E-state index in [0.29, 0.717) is 24.7 Å². The summed E-state index contributed by atoms with van der Waals surface area (Å²) in [6.45, 7) is 8.08. The van der Waals surface area contributed by atoms with E-state index in [1.165, 1.54) is 0 Å². The van der Waals surface area contributed by atoms with Gasteiger partial charge in [-0.1, -0.05) is 0 Å². The number of carbonyl (C=O) groups excluding carboxylic acids is 1. The second kappa shape index (κ2) is 8.94. The second-order valence-electron chi connectivity index (χ2n) is 6.40. The third-order valence-electron chi connectivity index (χ3n) is 4.65. The van der Waals surface area contributed by atoms with Gasteiger partial charge in [-0.25, -0.2) is 4.79 Å². The van der Waals surface area contributed by atoms with Gasteiger partial charge in [0.05, 0.1) is 26.4 Å². The summed E-state index contributed by atoms with van der Waals surface area (Å²) in [6, 6.07) is 3.69. The Labute approximate surface area is 150 Å². The monoisotopic (exact) mass is 350 g/mol. The number of benzene rings is 1. The van der Waals surface area contributed by atoms with E-state index in [1.54, 1.807) is 14.2 Å². The van der Waals surface area contributed by atoms with E-state index in [4.69, 9.17) is 14.2 Å². The van der Waals surface area contributed by atoms with E-state index in [0.717, 1.165) is 30.5 Å². The molecule has 1 aliphatic heterocycles. The van der Waals surface area contributed by atoms with Crippen LogP contribution in [-0.4, -0.2) is 51.0 Å². The molecule has 0 unspecified atom stereocenters. The SMILES string of the molecule is CCO[C@H]1CCCN(C(=O)N[C@H](C)c2cc(OC)c(OC)cc2C)C1. The fourth-order valence-corrected chi connectivity index (χ4v) is 3.31. The highest BCUT2D eigenvalue weighted by molar-refractivity contribution is 5.75. The number of amides is 2. The molecule has 2 atom stereocenters. The first-order chi connectivity index (χ1) is 12.0. The summed E-state index contributed by atoms with van der Waals surface area (Å²) in [4.78, 5) is 14.5. The van der Waals surface area contributed by atoms with E-state index in [-0.39, 0.29) is 18.2 Å². The standard InChI is InChI=1S/C19H30N2O4/c1-6-25-15-8-7-9-21(12-15)19(22)20-14(3)16-11-18(24-5)17(23-4)10-13(16)2/h10-11,14-15H,6-9,12H2,1-5H3,(H,20,22)/t14-,15+/m1/s1. The van der Waals surface area contributed by atoms with Crippen LogP contribution in [0.25, 0.3) is 0 Å². The number of urea groups is 1. The minimum Gasteiger partial charge on any atom is -0.493 e. The fraction of sp³-hybridized carbons (Fsp3) is 0.632. The number of likely N-dealkylation sites (tertiary alicyclic amines) is 1. The van der Waals surface area contributed by atoms with Crippen molar-refractivity contribution in [1.82, 2.24) is 10.2 Å². The van der Waals surface area contributed by atoms with Crippen molar-refractivity contribution in [3.63, 3.8) is 0 Å². The maximum atomic E-state index is 12.6. The van der Waals surface area contributed by atoms with Crippen molar-refractivity contribution < 1.29 is 19.0 Å². The molecule has 1 aliphatic rings. The summed E-state index contributed by atoms with van der Waals surface area (Å²) in [5, 5.41) is 3.09. The van der Waals surface area contributed by atoms with Gasteiger partial charge in [-0.3, -0.25) is 0 Å². The van der Waals surface area contributed by atoms with Gasteiger partial charge in [0, 0.05) is 19.7 Å². The van der Waals surface area contributed by atoms with Crippen LogP contribution in [0.4, 0.5) is 4.79 Å². The molecule has 1 saturated heterocycles. The highest BCUT2D eigenvalue weighted by atomic mass is 16.5. The zero-order chi connectivity index (χ0) is 18.4. The Bertz CT molecular complexity index is 589. The molecule has 0 saturated carbocycles. The number of piperidine rings is 1. The maximum absolute atomic E-state index is 12.6. The van der Waals surface area contributed by atoms with Crippen LogP contribution in [0.15, 0.2) is 12.1 Å². The zero-order valence-electron chi connectivity index (χ0n) is 15.9. The Morgan fingerprint density at radius 3 is 2.64 bits per heavy atom. The number of rotatable bonds is 6. The van der Waals surface area contributed by atoms with Crippen LogP contribution in [0.1, 0.15) is 43.9 Å². The van der Waals surface area contributed by atoms with E-state index < -0.39 is 0 Å². The van der Waals surface area contributed by atoms with Crippen molar-refractivity contribution in [1.29, 1.82) is 0 Å². The third kappa shape index (κ3) is 4.78. The Balaban J connectivity index is 2.06. The van der Waals surface area contributed by atoms with Gasteiger partial charge in [0.15, 0.2) is 11.5 Å². The molecule has 1 heterocycles. The smallest absolute Gasteiger partial charge is 0.317 e. The number of ether oxygens (including phenoxy) is 3. The molecule has 0 bridgehead atoms. The molecule has 6 nitrogen and oxygen atoms in total. The van der Waals surface area contributed by atoms with Crippen LogP contribution >= 0.6 is 0 Å². The summed E-state index contributed by atoms with van der Waals surface area (Å²) in [5.41, 5.74) is 2.07. The van der Waals surface area contributed by atoms with Crippen LogP contribution in [0.3, 0.4) is 0 Å². The molecule has 1 N–H and O–H groups in total. The van der Waals surface area contributed by atoms with E-state index in [1.807, 2.05) is 37.8 Å². The Hall–Kier alpha value is -1.95. The van der Waals surface area contributed by atoms with E-state index in [2.05, 4.69) is 5.32 Å². The second-order valence-corrected chi connectivity index (χ2v) is 6.40. The lowest BCUT2D eigenvalue weighted by Crippen LogP contribution is -2.48. The van der Waals surface area contributed by atoms with Crippen LogP contribution in [0, 0.1) is 6.92 Å². The van der Waals surface area contributed by atoms with Gasteiger partial charge in [0.25, 0.3) is 0 Å². The molecule has 6 heteroatoms. The van der Waals surface area contributed by atoms with Crippen molar-refractivity contribution in [3.8, 4) is 11.5 Å². The topological polar surface area (TPSA) is 60.0 Å². The van der Waals surface area contributed by atoms with Gasteiger partial charge in [0.1, 0.15) is 0 Å². The summed E-state index contributed by atoms with van der Waals surface area (Å²) >= 11 is 0. The van der Waals surface area contributed by atoms with Crippen molar-refractivity contribution >= 4 is 6.03 Å². The number of aryl methyl sites for hydroxylation is 1. The maximum Gasteiger partial charge on any atom is 0.317 e. The van der Waals surface area contributed by atoms with Crippen LogP contribution < -0.4 is 14.8 Å². The minimum absolute atomic E-state index is 0.0499. The molecular formula is C19H30N2O4. The molecule has 2 rings (SSSR count). The minimum atomic E-state index is -0.125. The highest BCUT2D eigenvalue weighted by Gasteiger charge is 2.25. The van der Waals surface area contributed by atoms with Crippen molar-refractivity contribution in [2.45, 2.75) is 45.8 Å². The summed E-state index contributed by atoms with van der Waals surface area (Å²) in [6.07, 6.45) is 2.13. The summed E-state index contributed by atoms with van der Waals surface area (Å²) < 4.78 is 16.4. The lowest BCUT2D eigenvalue weighted by Gasteiger charge is -2.33. The number of methoxy groups -OCH3 is 2. The quantitative estimate of drug-likeness (QED) is 0.855. The van der Waals surface area contributed by atoms with Crippen LogP contribution in [0.5, 0.6) is 11.5 Å². The van der Waals surface area contributed by atoms with Gasteiger partial charge in [-0.2, -0.15) is 0 Å². The lowest BCUT2D eigenvalue weighted by atomic mass is 10.0. The predicted molar refractivity (Wildman–Crippen MR) is 97.5 cm³/mol. The normalized spacial score (nSPS) is 18.6. The molecule has 0 aliphatic carbocycles. The van der Waals surface area contributed by atoms with Gasteiger partial charge in [-0.15, -0.1) is 0 Å². The van der Waals surface area contributed by atoms with Crippen LogP contribution in [-0.2, 0) is 4.74 Å². The van der Waals surface area contributed by atoms with Crippen molar-refractivity contribution in [3.05, 3.63) is 23.3 Å². The molecule has 2 amide bonds. The number of hydrogen-bond donors (Lipinski definition) is 1. The number of nitrogens with one attached hydrogen (secondary N) is 1. The molecule has 140 valence electrons. The molecule has 1 aromatic rings. The van der Waals surface area contributed by atoms with Gasteiger partial charge in [-0.05, 0) is 56.9 Å². The van der Waals surface area contributed by atoms with Gasteiger partial charge >= 0.3 is 6.03 Å². The first-order valence-corrected chi connectivity index (χ1v) is 8.89. The first-order valence-electron chi connectivity index (χ1n) is 8.89. The molecule has 1 aromatic carbocycles. The van der Waals surface area contributed by atoms with E-state index in [9.17, 15) is 4.79 Å². The average Bonchev–Trinajstić information content (AvgIpc) is 2.61. The number of hydrogen-bond acceptors (Lipinski definition) is 4. The highest BCUT2D eigenvalue weighted by Crippen LogP contribution is 2.33. The third-order valence-corrected chi connectivity index (χ3v) is 4.65. The Morgan fingerprint density at radius 1 is 1.32 bits per heavy atom. The van der Waals surface area contributed by atoms with E-state index >= 15 is 0 Å². The first kappa shape index (κ1) is 19.4. The molecule has 0 radical (unpaired) electrons. The average molecular weight is 350 g/mol. The summed E-state index contributed by atoms with van der Waals surface area (Å²) in [7, 11) is 3.23. The number of carbonyl (C=O) groups is 1. The lowest BCUT2D eigenvalue weighted by molar-refractivity contribution is 0.0162. The summed E-state index contributed by atoms with van der Waals surface area (Å²) in [5.74, 6) is 1.36. The largest absolute Gasteiger partial charge is 0.493 e. The Morgan fingerprint density at radius 2 is 2.00 bits per heavy atom.